The SMILES string of the molecule is CCc1cccnc1CNCc1c(CO)cnc(C)c1O. The lowest BCUT2D eigenvalue weighted by Crippen LogP contribution is -2.17. The van der Waals surface area contributed by atoms with E-state index in [1.807, 2.05) is 6.07 Å². The molecule has 21 heavy (non-hydrogen) atoms. The quantitative estimate of drug-likeness (QED) is 0.755. The summed E-state index contributed by atoms with van der Waals surface area (Å²) in [6.45, 7) is 4.79. The molecule has 112 valence electrons. The number of hydrogen-bond donors (Lipinski definition) is 3. The fraction of sp³-hybridized carbons (Fsp3) is 0.375. The van der Waals surface area contributed by atoms with E-state index in [0.717, 1.165) is 12.1 Å². The van der Waals surface area contributed by atoms with Gasteiger partial charge in [0.1, 0.15) is 5.75 Å². The number of pyridine rings is 2. The lowest BCUT2D eigenvalue weighted by atomic mass is 10.1. The Morgan fingerprint density at radius 2 is 2.00 bits per heavy atom. The van der Waals surface area contributed by atoms with Gasteiger partial charge in [0.2, 0.25) is 0 Å². The van der Waals surface area contributed by atoms with Gasteiger partial charge in [0.25, 0.3) is 0 Å². The first-order chi connectivity index (χ1) is 10.2. The van der Waals surface area contributed by atoms with E-state index >= 15 is 0 Å². The maximum atomic E-state index is 10.1. The Kier molecular flexibility index (Phi) is 5.25. The third kappa shape index (κ3) is 3.56. The second kappa shape index (κ2) is 7.15. The Labute approximate surface area is 124 Å². The monoisotopic (exact) mass is 287 g/mol. The fourth-order valence-corrected chi connectivity index (χ4v) is 2.28. The smallest absolute Gasteiger partial charge is 0.141 e. The molecule has 0 saturated carbocycles. The average Bonchev–Trinajstić information content (AvgIpc) is 2.52. The van der Waals surface area contributed by atoms with Gasteiger partial charge in [-0.3, -0.25) is 9.97 Å². The summed E-state index contributed by atoms with van der Waals surface area (Å²) in [6.07, 6.45) is 4.32. The third-order valence-corrected chi connectivity index (χ3v) is 3.56. The molecule has 0 bridgehead atoms. The Morgan fingerprint density at radius 1 is 1.19 bits per heavy atom. The summed E-state index contributed by atoms with van der Waals surface area (Å²) in [5, 5.41) is 22.7. The summed E-state index contributed by atoms with van der Waals surface area (Å²) in [7, 11) is 0. The molecule has 0 saturated heterocycles. The van der Waals surface area contributed by atoms with Gasteiger partial charge in [0, 0.05) is 36.6 Å². The van der Waals surface area contributed by atoms with Crippen molar-refractivity contribution in [1.82, 2.24) is 15.3 Å². The maximum Gasteiger partial charge on any atom is 0.141 e. The van der Waals surface area contributed by atoms with Crippen LogP contribution in [0, 0.1) is 6.92 Å². The first-order valence-corrected chi connectivity index (χ1v) is 7.08. The van der Waals surface area contributed by atoms with Gasteiger partial charge in [-0.05, 0) is 25.0 Å². The van der Waals surface area contributed by atoms with Gasteiger partial charge in [-0.2, -0.15) is 0 Å². The molecule has 2 aromatic heterocycles. The van der Waals surface area contributed by atoms with E-state index in [2.05, 4.69) is 28.3 Å². The largest absolute Gasteiger partial charge is 0.506 e. The number of aliphatic hydroxyl groups excluding tert-OH is 1. The van der Waals surface area contributed by atoms with Crippen molar-refractivity contribution < 1.29 is 10.2 Å². The zero-order valence-electron chi connectivity index (χ0n) is 12.4. The van der Waals surface area contributed by atoms with Gasteiger partial charge in [0.15, 0.2) is 0 Å². The second-order valence-corrected chi connectivity index (χ2v) is 4.92. The lowest BCUT2D eigenvalue weighted by Gasteiger charge is -2.13. The highest BCUT2D eigenvalue weighted by atomic mass is 16.3. The predicted molar refractivity (Wildman–Crippen MR) is 80.7 cm³/mol. The number of aromatic nitrogens is 2. The molecule has 0 aromatic carbocycles. The number of nitrogens with one attached hydrogen (secondary N) is 1. The minimum absolute atomic E-state index is 0.137. The molecular formula is C16H21N3O2. The molecular weight excluding hydrogens is 266 g/mol. The average molecular weight is 287 g/mol. The first kappa shape index (κ1) is 15.4. The molecule has 0 aliphatic heterocycles. The van der Waals surface area contributed by atoms with E-state index in [1.165, 1.54) is 5.56 Å². The van der Waals surface area contributed by atoms with Crippen LogP contribution in [-0.2, 0) is 26.1 Å². The molecule has 0 fully saturated rings. The molecule has 0 radical (unpaired) electrons. The van der Waals surface area contributed by atoms with Gasteiger partial charge in [-0.1, -0.05) is 13.0 Å². The number of aromatic hydroxyl groups is 1. The molecule has 0 atom stereocenters. The molecule has 2 rings (SSSR count). The molecule has 0 aliphatic carbocycles. The van der Waals surface area contributed by atoms with Crippen LogP contribution in [0.4, 0.5) is 0 Å². The van der Waals surface area contributed by atoms with Crippen LogP contribution >= 0.6 is 0 Å². The van der Waals surface area contributed by atoms with Crippen molar-refractivity contribution in [3.63, 3.8) is 0 Å². The number of nitrogens with zero attached hydrogens (tertiary/aromatic N) is 2. The van der Waals surface area contributed by atoms with E-state index < -0.39 is 0 Å². The van der Waals surface area contributed by atoms with Crippen molar-refractivity contribution in [2.45, 2.75) is 40.0 Å². The van der Waals surface area contributed by atoms with Crippen LogP contribution in [0.2, 0.25) is 0 Å². The van der Waals surface area contributed by atoms with Crippen molar-refractivity contribution in [2.24, 2.45) is 0 Å². The van der Waals surface area contributed by atoms with Crippen LogP contribution in [-0.4, -0.2) is 20.2 Å². The topological polar surface area (TPSA) is 78.3 Å². The standard InChI is InChI=1S/C16H21N3O2/c1-3-12-5-4-6-18-15(12)9-17-8-14-13(10-20)7-19-11(2)16(14)21/h4-7,17,20-21H,3,8-10H2,1-2H3. The van der Waals surface area contributed by atoms with Crippen molar-refractivity contribution in [2.75, 3.05) is 0 Å². The summed E-state index contributed by atoms with van der Waals surface area (Å²) in [6, 6.07) is 4.00. The Morgan fingerprint density at radius 3 is 2.71 bits per heavy atom. The van der Waals surface area contributed by atoms with Crippen molar-refractivity contribution in [1.29, 1.82) is 0 Å². The number of aliphatic hydroxyl groups is 1. The van der Waals surface area contributed by atoms with E-state index in [1.54, 1.807) is 19.3 Å². The summed E-state index contributed by atoms with van der Waals surface area (Å²) < 4.78 is 0. The van der Waals surface area contributed by atoms with Crippen LogP contribution in [0.5, 0.6) is 5.75 Å². The van der Waals surface area contributed by atoms with Gasteiger partial charge < -0.3 is 15.5 Å². The summed E-state index contributed by atoms with van der Waals surface area (Å²) in [5.41, 5.74) is 4.12. The molecule has 0 amide bonds. The molecule has 5 heteroatoms. The van der Waals surface area contributed by atoms with Crippen molar-refractivity contribution in [3.05, 3.63) is 52.6 Å². The van der Waals surface area contributed by atoms with Crippen LogP contribution in [0.15, 0.2) is 24.5 Å². The first-order valence-electron chi connectivity index (χ1n) is 7.08. The third-order valence-electron chi connectivity index (χ3n) is 3.56. The second-order valence-electron chi connectivity index (χ2n) is 4.92. The van der Waals surface area contributed by atoms with Crippen LogP contribution in [0.3, 0.4) is 0 Å². The van der Waals surface area contributed by atoms with E-state index in [4.69, 9.17) is 0 Å². The van der Waals surface area contributed by atoms with Gasteiger partial charge in [-0.25, -0.2) is 0 Å². The minimum Gasteiger partial charge on any atom is -0.506 e. The highest BCUT2D eigenvalue weighted by Crippen LogP contribution is 2.23. The molecule has 0 aliphatic rings. The molecule has 2 heterocycles. The van der Waals surface area contributed by atoms with Crippen molar-refractivity contribution in [3.8, 4) is 5.75 Å². The Hall–Kier alpha value is -1.98. The number of aryl methyl sites for hydroxylation is 2. The Bertz CT molecular complexity index is 614. The lowest BCUT2D eigenvalue weighted by molar-refractivity contribution is 0.278. The number of hydrogen-bond acceptors (Lipinski definition) is 5. The van der Waals surface area contributed by atoms with Gasteiger partial charge in [-0.15, -0.1) is 0 Å². The van der Waals surface area contributed by atoms with Crippen molar-refractivity contribution >= 4 is 0 Å². The zero-order chi connectivity index (χ0) is 15.2. The highest BCUT2D eigenvalue weighted by Gasteiger charge is 2.11. The summed E-state index contributed by atoms with van der Waals surface area (Å²) >= 11 is 0. The highest BCUT2D eigenvalue weighted by molar-refractivity contribution is 5.40. The molecule has 5 nitrogen and oxygen atoms in total. The van der Waals surface area contributed by atoms with E-state index in [9.17, 15) is 10.2 Å². The fourth-order valence-electron chi connectivity index (χ4n) is 2.28. The van der Waals surface area contributed by atoms with Crippen LogP contribution in [0.25, 0.3) is 0 Å². The molecule has 3 N–H and O–H groups in total. The van der Waals surface area contributed by atoms with Gasteiger partial charge in [0.05, 0.1) is 18.0 Å². The summed E-state index contributed by atoms with van der Waals surface area (Å²) in [4.78, 5) is 8.43. The predicted octanol–water partition coefficient (Wildman–Crippen LogP) is 1.84. The van der Waals surface area contributed by atoms with Crippen LogP contribution in [0.1, 0.15) is 35.0 Å². The Balaban J connectivity index is 2.08. The zero-order valence-corrected chi connectivity index (χ0v) is 12.4. The van der Waals surface area contributed by atoms with E-state index in [-0.39, 0.29) is 12.4 Å². The molecule has 2 aromatic rings. The van der Waals surface area contributed by atoms with Crippen LogP contribution < -0.4 is 5.32 Å². The normalized spacial score (nSPS) is 10.8. The molecule has 0 unspecified atom stereocenters. The number of rotatable bonds is 6. The van der Waals surface area contributed by atoms with E-state index in [0.29, 0.717) is 29.9 Å². The van der Waals surface area contributed by atoms with Gasteiger partial charge >= 0.3 is 0 Å². The molecule has 0 spiro atoms. The maximum absolute atomic E-state index is 10.1. The minimum atomic E-state index is -0.137. The summed E-state index contributed by atoms with van der Waals surface area (Å²) in [5.74, 6) is 0.144.